The smallest absolute Gasteiger partial charge is 0.335 e. The monoisotopic (exact) mass is 321 g/mol. The Morgan fingerprint density at radius 2 is 1.64 bits per heavy atom. The summed E-state index contributed by atoms with van der Waals surface area (Å²) in [4.78, 5) is 21.6. The van der Waals surface area contributed by atoms with Gasteiger partial charge in [0.2, 0.25) is 0 Å². The molecule has 0 saturated carbocycles. The summed E-state index contributed by atoms with van der Waals surface area (Å²) in [5.41, 5.74) is 5.40. The minimum atomic E-state index is -1.07. The number of hydrogen-bond acceptors (Lipinski definition) is 2. The molecule has 14 heavy (non-hydrogen) atoms. The lowest BCUT2D eigenvalue weighted by Crippen LogP contribution is -2.13. The molecule has 0 aliphatic rings. The molecule has 0 fully saturated rings. The van der Waals surface area contributed by atoms with Crippen LogP contribution in [0.1, 0.15) is 20.7 Å². The second-order valence-corrected chi connectivity index (χ2v) is 4.19. The molecule has 1 rings (SSSR count). The second-order valence-electron chi connectivity index (χ2n) is 2.48. The highest BCUT2D eigenvalue weighted by molar-refractivity contribution is 9.11. The number of carboxylic acids is 1. The highest BCUT2D eigenvalue weighted by atomic mass is 79.9. The van der Waals surface area contributed by atoms with E-state index in [1.165, 1.54) is 12.1 Å². The van der Waals surface area contributed by atoms with Crippen LogP contribution in [0.2, 0.25) is 0 Å². The largest absolute Gasteiger partial charge is 0.478 e. The van der Waals surface area contributed by atoms with Crippen LogP contribution in [0.3, 0.4) is 0 Å². The molecular weight excluding hydrogens is 318 g/mol. The maximum atomic E-state index is 10.9. The van der Waals surface area contributed by atoms with E-state index >= 15 is 0 Å². The average molecular weight is 323 g/mol. The molecule has 74 valence electrons. The summed E-state index contributed by atoms with van der Waals surface area (Å²) in [6, 6.07) is 2.65. The number of amides is 1. The zero-order chi connectivity index (χ0) is 10.9. The molecule has 1 aromatic carbocycles. The van der Waals surface area contributed by atoms with Gasteiger partial charge in [-0.1, -0.05) is 0 Å². The predicted molar refractivity (Wildman–Crippen MR) is 57.3 cm³/mol. The van der Waals surface area contributed by atoms with Crippen molar-refractivity contribution in [1.29, 1.82) is 0 Å². The normalized spacial score (nSPS) is 9.86. The molecule has 0 bridgehead atoms. The number of primary amides is 1. The second kappa shape index (κ2) is 4.10. The van der Waals surface area contributed by atoms with Crippen molar-refractivity contribution >= 4 is 43.7 Å². The third-order valence-corrected chi connectivity index (χ3v) is 2.79. The van der Waals surface area contributed by atoms with Crippen molar-refractivity contribution < 1.29 is 14.7 Å². The SMILES string of the molecule is NC(=O)c1c(Br)cc(C(=O)O)cc1Br. The Morgan fingerprint density at radius 3 is 1.93 bits per heavy atom. The Labute approximate surface area is 96.4 Å². The molecule has 0 aliphatic heterocycles. The molecule has 0 spiro atoms. The van der Waals surface area contributed by atoms with Crippen LogP contribution in [0.5, 0.6) is 0 Å². The molecule has 4 nitrogen and oxygen atoms in total. The topological polar surface area (TPSA) is 80.4 Å². The van der Waals surface area contributed by atoms with E-state index in [9.17, 15) is 9.59 Å². The number of aromatic carboxylic acids is 1. The number of benzene rings is 1. The summed E-state index contributed by atoms with van der Waals surface area (Å²) in [5, 5.41) is 8.71. The van der Waals surface area contributed by atoms with Crippen LogP contribution in [0, 0.1) is 0 Å². The summed E-state index contributed by atoms with van der Waals surface area (Å²) < 4.78 is 0.716. The van der Waals surface area contributed by atoms with E-state index in [2.05, 4.69) is 31.9 Å². The molecule has 0 aromatic heterocycles. The molecule has 1 amide bonds. The zero-order valence-electron chi connectivity index (χ0n) is 6.75. The van der Waals surface area contributed by atoms with Crippen LogP contribution in [0.4, 0.5) is 0 Å². The number of carboxylic acid groups (broad SMARTS) is 1. The predicted octanol–water partition coefficient (Wildman–Crippen LogP) is 2.01. The summed E-state index contributed by atoms with van der Waals surface area (Å²) in [7, 11) is 0. The number of hydrogen-bond donors (Lipinski definition) is 2. The lowest BCUT2D eigenvalue weighted by molar-refractivity contribution is 0.0696. The third kappa shape index (κ3) is 2.13. The molecular formula is C8H5Br2NO3. The lowest BCUT2D eigenvalue weighted by Gasteiger charge is -2.04. The molecule has 6 heteroatoms. The minimum Gasteiger partial charge on any atom is -0.478 e. The number of carbonyl (C=O) groups excluding carboxylic acids is 1. The van der Waals surface area contributed by atoms with Gasteiger partial charge in [-0.3, -0.25) is 4.79 Å². The average Bonchev–Trinajstić information content (AvgIpc) is 2.01. The maximum absolute atomic E-state index is 10.9. The molecule has 3 N–H and O–H groups in total. The van der Waals surface area contributed by atoms with Gasteiger partial charge in [0.1, 0.15) is 0 Å². The van der Waals surface area contributed by atoms with Crippen LogP contribution in [0.25, 0.3) is 0 Å². The Morgan fingerprint density at radius 1 is 1.21 bits per heavy atom. The molecule has 1 aromatic rings. The summed E-state index contributed by atoms with van der Waals surface area (Å²) >= 11 is 6.15. The number of rotatable bonds is 2. The van der Waals surface area contributed by atoms with Crippen LogP contribution >= 0.6 is 31.9 Å². The van der Waals surface area contributed by atoms with E-state index in [-0.39, 0.29) is 11.1 Å². The van der Waals surface area contributed by atoms with E-state index in [1.807, 2.05) is 0 Å². The van der Waals surface area contributed by atoms with Crippen molar-refractivity contribution in [3.63, 3.8) is 0 Å². The summed E-state index contributed by atoms with van der Waals surface area (Å²) in [5.74, 6) is -1.69. The fourth-order valence-electron chi connectivity index (χ4n) is 0.932. The molecule has 0 aliphatic carbocycles. The Balaban J connectivity index is 3.39. The Bertz CT molecular complexity index is 394. The van der Waals surface area contributed by atoms with Gasteiger partial charge in [0.05, 0.1) is 11.1 Å². The van der Waals surface area contributed by atoms with E-state index in [4.69, 9.17) is 10.8 Å². The highest BCUT2D eigenvalue weighted by Crippen LogP contribution is 2.26. The van der Waals surface area contributed by atoms with Gasteiger partial charge in [0.15, 0.2) is 0 Å². The van der Waals surface area contributed by atoms with E-state index in [1.54, 1.807) is 0 Å². The van der Waals surface area contributed by atoms with Crippen molar-refractivity contribution in [3.05, 3.63) is 32.2 Å². The van der Waals surface area contributed by atoms with Gasteiger partial charge in [-0.05, 0) is 44.0 Å². The summed E-state index contributed by atoms with van der Waals surface area (Å²) in [6.45, 7) is 0. The fourth-order valence-corrected chi connectivity index (χ4v) is 2.51. The fraction of sp³-hybridized carbons (Fsp3) is 0. The van der Waals surface area contributed by atoms with Crippen LogP contribution in [-0.4, -0.2) is 17.0 Å². The highest BCUT2D eigenvalue weighted by Gasteiger charge is 2.14. The van der Waals surface area contributed by atoms with Gasteiger partial charge in [0.25, 0.3) is 5.91 Å². The van der Waals surface area contributed by atoms with Crippen LogP contribution in [0.15, 0.2) is 21.1 Å². The maximum Gasteiger partial charge on any atom is 0.335 e. The molecule has 0 atom stereocenters. The van der Waals surface area contributed by atoms with E-state index < -0.39 is 11.9 Å². The molecule has 0 unspecified atom stereocenters. The van der Waals surface area contributed by atoms with Crippen LogP contribution in [-0.2, 0) is 0 Å². The van der Waals surface area contributed by atoms with E-state index in [0.717, 1.165) is 0 Å². The van der Waals surface area contributed by atoms with Gasteiger partial charge >= 0.3 is 5.97 Å². The number of nitrogens with two attached hydrogens (primary N) is 1. The van der Waals surface area contributed by atoms with Crippen molar-refractivity contribution in [1.82, 2.24) is 0 Å². The zero-order valence-corrected chi connectivity index (χ0v) is 9.92. The van der Waals surface area contributed by atoms with Crippen molar-refractivity contribution in [2.45, 2.75) is 0 Å². The van der Waals surface area contributed by atoms with Gasteiger partial charge in [-0.25, -0.2) is 4.79 Å². The van der Waals surface area contributed by atoms with Gasteiger partial charge < -0.3 is 10.8 Å². The molecule has 0 saturated heterocycles. The first-order valence-electron chi connectivity index (χ1n) is 3.45. The van der Waals surface area contributed by atoms with E-state index in [0.29, 0.717) is 8.95 Å². The molecule has 0 heterocycles. The first kappa shape index (κ1) is 11.2. The van der Waals surface area contributed by atoms with Crippen molar-refractivity contribution in [2.75, 3.05) is 0 Å². The van der Waals surface area contributed by atoms with Crippen LogP contribution < -0.4 is 5.73 Å². The standard InChI is InChI=1S/C8H5Br2NO3/c9-4-1-3(8(13)14)2-5(10)6(4)7(11)12/h1-2H,(H2,11,12)(H,13,14). The first-order chi connectivity index (χ1) is 6.43. The third-order valence-electron chi connectivity index (χ3n) is 1.54. The van der Waals surface area contributed by atoms with Crippen molar-refractivity contribution in [2.24, 2.45) is 5.73 Å². The van der Waals surface area contributed by atoms with Gasteiger partial charge in [-0.2, -0.15) is 0 Å². The van der Waals surface area contributed by atoms with Gasteiger partial charge in [-0.15, -0.1) is 0 Å². The van der Waals surface area contributed by atoms with Gasteiger partial charge in [0, 0.05) is 8.95 Å². The lowest BCUT2D eigenvalue weighted by atomic mass is 10.1. The Kier molecular flexibility index (Phi) is 3.28. The quantitative estimate of drug-likeness (QED) is 0.874. The number of halogens is 2. The number of carbonyl (C=O) groups is 2. The Hall–Kier alpha value is -0.880. The molecule has 0 radical (unpaired) electrons. The van der Waals surface area contributed by atoms with Crippen molar-refractivity contribution in [3.8, 4) is 0 Å². The first-order valence-corrected chi connectivity index (χ1v) is 5.04. The summed E-state index contributed by atoms with van der Waals surface area (Å²) in [6.07, 6.45) is 0. The minimum absolute atomic E-state index is 0.0775.